The summed E-state index contributed by atoms with van der Waals surface area (Å²) in [7, 11) is 0. The van der Waals surface area contributed by atoms with E-state index in [0.29, 0.717) is 12.8 Å². The second-order valence-electron chi connectivity index (χ2n) is 9.26. The molecular weight excluding hydrogens is 436 g/mol. The molecule has 2 aliphatic carbocycles. The number of carboxylic acids is 1. The fourth-order valence-corrected chi connectivity index (χ4v) is 4.87. The van der Waals surface area contributed by atoms with E-state index in [0.717, 1.165) is 42.0 Å². The van der Waals surface area contributed by atoms with E-state index in [-0.39, 0.29) is 18.4 Å². The number of carbonyl (C=O) groups is 3. The molecule has 0 aromatic heterocycles. The predicted molar refractivity (Wildman–Crippen MR) is 125 cm³/mol. The van der Waals surface area contributed by atoms with Gasteiger partial charge in [-0.05, 0) is 42.0 Å². The van der Waals surface area contributed by atoms with Crippen molar-refractivity contribution in [3.63, 3.8) is 0 Å². The van der Waals surface area contributed by atoms with Crippen molar-refractivity contribution in [1.82, 2.24) is 10.6 Å². The quantitative estimate of drug-likeness (QED) is 0.497. The minimum Gasteiger partial charge on any atom is -0.479 e. The van der Waals surface area contributed by atoms with Gasteiger partial charge in [-0.3, -0.25) is 4.79 Å². The highest BCUT2D eigenvalue weighted by atomic mass is 16.5. The van der Waals surface area contributed by atoms with Crippen molar-refractivity contribution in [2.24, 2.45) is 5.92 Å². The number of amides is 2. The summed E-state index contributed by atoms with van der Waals surface area (Å²) in [6, 6.07) is 15.8. The second-order valence-corrected chi connectivity index (χ2v) is 9.26. The minimum atomic E-state index is -2.06. The van der Waals surface area contributed by atoms with E-state index in [9.17, 15) is 19.5 Å². The van der Waals surface area contributed by atoms with Gasteiger partial charge in [0.1, 0.15) is 6.61 Å². The molecule has 4 rings (SSSR count). The standard InChI is InChI=1S/C26H30N2O6/c1-26(33,24(30)31)15-27-23(29)20-12-6-7-13-22(20)28-25(32)34-14-21-18-10-4-2-8-16(18)17-9-3-5-11-19(17)21/h2-5,8-11,20-22,33H,6-7,12-15H2,1H3,(H,27,29)(H,28,32)(H,30,31). The minimum absolute atomic E-state index is 0.0538. The highest BCUT2D eigenvalue weighted by Gasteiger charge is 2.36. The maximum Gasteiger partial charge on any atom is 0.407 e. The third-order valence-electron chi connectivity index (χ3n) is 6.82. The van der Waals surface area contributed by atoms with Gasteiger partial charge in [0.15, 0.2) is 5.60 Å². The number of alkyl carbamates (subject to hydrolysis) is 1. The first-order chi connectivity index (χ1) is 16.3. The van der Waals surface area contributed by atoms with E-state index in [1.54, 1.807) is 0 Å². The Bertz CT molecular complexity index is 1040. The van der Waals surface area contributed by atoms with E-state index in [4.69, 9.17) is 9.84 Å². The predicted octanol–water partition coefficient (Wildman–Crippen LogP) is 3.04. The van der Waals surface area contributed by atoms with E-state index < -0.39 is 36.2 Å². The molecule has 0 saturated heterocycles. The first-order valence-electron chi connectivity index (χ1n) is 11.6. The van der Waals surface area contributed by atoms with Crippen molar-refractivity contribution in [1.29, 1.82) is 0 Å². The molecule has 8 nitrogen and oxygen atoms in total. The number of nitrogens with one attached hydrogen (secondary N) is 2. The molecule has 1 fully saturated rings. The lowest BCUT2D eigenvalue weighted by Crippen LogP contribution is -2.52. The van der Waals surface area contributed by atoms with Crippen LogP contribution in [0.5, 0.6) is 0 Å². The molecule has 8 heteroatoms. The summed E-state index contributed by atoms with van der Waals surface area (Å²) < 4.78 is 5.62. The van der Waals surface area contributed by atoms with Crippen LogP contribution in [0.4, 0.5) is 4.79 Å². The normalized spacial score (nSPS) is 21.0. The summed E-state index contributed by atoms with van der Waals surface area (Å²) in [4.78, 5) is 36.5. The SMILES string of the molecule is CC(O)(CNC(=O)C1CCCCC1NC(=O)OCC1c2ccccc2-c2ccccc21)C(=O)O. The third-order valence-corrected chi connectivity index (χ3v) is 6.82. The lowest BCUT2D eigenvalue weighted by atomic mass is 9.83. The molecule has 4 N–H and O–H groups in total. The maximum absolute atomic E-state index is 12.7. The Hall–Kier alpha value is -3.39. The molecule has 2 amide bonds. The zero-order chi connectivity index (χ0) is 24.3. The van der Waals surface area contributed by atoms with Crippen LogP contribution in [0, 0.1) is 5.92 Å². The van der Waals surface area contributed by atoms with Gasteiger partial charge in [0.05, 0.1) is 12.5 Å². The number of ether oxygens (including phenoxy) is 1. The Morgan fingerprint density at radius 1 is 1.00 bits per heavy atom. The largest absolute Gasteiger partial charge is 0.479 e. The molecule has 0 spiro atoms. The van der Waals surface area contributed by atoms with Crippen molar-refractivity contribution in [2.75, 3.05) is 13.2 Å². The van der Waals surface area contributed by atoms with Crippen LogP contribution in [0.3, 0.4) is 0 Å². The Labute approximate surface area is 198 Å². The molecule has 1 saturated carbocycles. The van der Waals surface area contributed by atoms with Crippen molar-refractivity contribution in [2.45, 2.75) is 50.2 Å². The van der Waals surface area contributed by atoms with Gasteiger partial charge in [-0.25, -0.2) is 9.59 Å². The van der Waals surface area contributed by atoms with Gasteiger partial charge in [0.2, 0.25) is 5.91 Å². The molecule has 34 heavy (non-hydrogen) atoms. The number of benzene rings is 2. The van der Waals surface area contributed by atoms with E-state index in [1.807, 2.05) is 24.3 Å². The number of carbonyl (C=O) groups excluding carboxylic acids is 2. The molecule has 2 aromatic carbocycles. The summed E-state index contributed by atoms with van der Waals surface area (Å²) in [6.07, 6.45) is 2.30. The zero-order valence-corrected chi connectivity index (χ0v) is 19.1. The van der Waals surface area contributed by atoms with Crippen LogP contribution in [0.25, 0.3) is 11.1 Å². The molecule has 3 unspecified atom stereocenters. The third kappa shape index (κ3) is 4.92. The lowest BCUT2D eigenvalue weighted by Gasteiger charge is -2.31. The van der Waals surface area contributed by atoms with Crippen LogP contribution in [0.15, 0.2) is 48.5 Å². The molecule has 2 aliphatic rings. The van der Waals surface area contributed by atoms with Gasteiger partial charge in [0, 0.05) is 12.0 Å². The van der Waals surface area contributed by atoms with Crippen LogP contribution < -0.4 is 10.6 Å². The first kappa shape index (κ1) is 23.8. The molecule has 180 valence electrons. The smallest absolute Gasteiger partial charge is 0.407 e. The van der Waals surface area contributed by atoms with Crippen molar-refractivity contribution < 1.29 is 29.3 Å². The van der Waals surface area contributed by atoms with Crippen LogP contribution >= 0.6 is 0 Å². The van der Waals surface area contributed by atoms with Gasteiger partial charge in [-0.1, -0.05) is 61.4 Å². The van der Waals surface area contributed by atoms with Crippen LogP contribution in [0.2, 0.25) is 0 Å². The topological polar surface area (TPSA) is 125 Å². The fourth-order valence-electron chi connectivity index (χ4n) is 4.87. The van der Waals surface area contributed by atoms with E-state index >= 15 is 0 Å². The summed E-state index contributed by atoms with van der Waals surface area (Å²) in [6.45, 7) is 0.906. The van der Waals surface area contributed by atoms with Crippen LogP contribution in [0.1, 0.15) is 49.7 Å². The summed E-state index contributed by atoms with van der Waals surface area (Å²) in [5.74, 6) is -2.37. The van der Waals surface area contributed by atoms with Gasteiger partial charge in [-0.15, -0.1) is 0 Å². The molecule has 0 bridgehead atoms. The number of hydrogen-bond donors (Lipinski definition) is 4. The number of hydrogen-bond acceptors (Lipinski definition) is 5. The van der Waals surface area contributed by atoms with Crippen molar-refractivity contribution in [3.8, 4) is 11.1 Å². The van der Waals surface area contributed by atoms with Crippen LogP contribution in [-0.4, -0.2) is 53.0 Å². The van der Waals surface area contributed by atoms with Gasteiger partial charge in [0.25, 0.3) is 0 Å². The molecule has 0 heterocycles. The van der Waals surface area contributed by atoms with Crippen molar-refractivity contribution in [3.05, 3.63) is 59.7 Å². The van der Waals surface area contributed by atoms with Crippen molar-refractivity contribution >= 4 is 18.0 Å². The highest BCUT2D eigenvalue weighted by Crippen LogP contribution is 2.44. The fraction of sp³-hybridized carbons (Fsp3) is 0.423. The molecule has 2 aromatic rings. The number of aliphatic hydroxyl groups is 1. The maximum atomic E-state index is 12.7. The molecular formula is C26H30N2O6. The average molecular weight is 467 g/mol. The number of fused-ring (bicyclic) bond motifs is 3. The number of aliphatic carboxylic acids is 1. The number of carboxylic acid groups (broad SMARTS) is 1. The Morgan fingerprint density at radius 2 is 1.59 bits per heavy atom. The molecule has 3 atom stereocenters. The zero-order valence-electron chi connectivity index (χ0n) is 19.1. The second kappa shape index (κ2) is 9.85. The van der Waals surface area contributed by atoms with Crippen LogP contribution in [-0.2, 0) is 14.3 Å². The van der Waals surface area contributed by atoms with Gasteiger partial charge in [-0.2, -0.15) is 0 Å². The lowest BCUT2D eigenvalue weighted by molar-refractivity contribution is -0.156. The average Bonchev–Trinajstić information content (AvgIpc) is 3.15. The Kier molecular flexibility index (Phi) is 6.88. The Balaban J connectivity index is 1.37. The van der Waals surface area contributed by atoms with E-state index in [1.165, 1.54) is 0 Å². The number of rotatable bonds is 7. The van der Waals surface area contributed by atoms with Gasteiger partial charge < -0.3 is 25.6 Å². The monoisotopic (exact) mass is 466 g/mol. The Morgan fingerprint density at radius 3 is 2.21 bits per heavy atom. The summed E-state index contributed by atoms with van der Waals surface area (Å²) in [5, 5.41) is 24.2. The molecule has 0 radical (unpaired) electrons. The van der Waals surface area contributed by atoms with Gasteiger partial charge >= 0.3 is 12.1 Å². The van der Waals surface area contributed by atoms with E-state index in [2.05, 4.69) is 34.9 Å². The highest BCUT2D eigenvalue weighted by molar-refractivity contribution is 5.83. The molecule has 0 aliphatic heterocycles. The summed E-state index contributed by atoms with van der Waals surface area (Å²) >= 11 is 0. The summed E-state index contributed by atoms with van der Waals surface area (Å²) in [5.41, 5.74) is 2.48. The first-order valence-corrected chi connectivity index (χ1v) is 11.6.